The monoisotopic (exact) mass is 574 g/mol. The molecule has 1 aliphatic rings. The molecule has 212 valence electrons. The molecule has 0 saturated carbocycles. The first-order chi connectivity index (χ1) is 18.7. The molecule has 0 aliphatic carbocycles. The number of nitrogens with one attached hydrogen (secondary N) is 3. The molecule has 0 spiro atoms. The number of alkyl halides is 3. The Kier molecular flexibility index (Phi) is 8.20. The van der Waals surface area contributed by atoms with Crippen LogP contribution < -0.4 is 15.4 Å². The maximum Gasteiger partial charge on any atom is 0.416 e. The van der Waals surface area contributed by atoms with E-state index < -0.39 is 29.5 Å². The summed E-state index contributed by atoms with van der Waals surface area (Å²) in [5.41, 5.74) is 0.324. The predicted molar refractivity (Wildman–Crippen MR) is 145 cm³/mol. The van der Waals surface area contributed by atoms with Crippen molar-refractivity contribution >= 4 is 29.2 Å². The van der Waals surface area contributed by atoms with Crippen LogP contribution in [0.4, 0.5) is 18.0 Å². The van der Waals surface area contributed by atoms with Crippen molar-refractivity contribution in [2.75, 3.05) is 6.54 Å². The van der Waals surface area contributed by atoms with Crippen molar-refractivity contribution < 1.29 is 32.2 Å². The van der Waals surface area contributed by atoms with Crippen molar-refractivity contribution in [1.82, 2.24) is 15.6 Å². The number of hydrogen-bond acceptors (Lipinski definition) is 7. The summed E-state index contributed by atoms with van der Waals surface area (Å²) in [4.78, 5) is 29.9. The zero-order chi connectivity index (χ0) is 29.2. The fourth-order valence-electron chi connectivity index (χ4n) is 4.28. The molecule has 0 radical (unpaired) electrons. The highest BCUT2D eigenvalue weighted by atomic mass is 32.1. The summed E-state index contributed by atoms with van der Waals surface area (Å²) in [5.74, 6) is -0.233. The maximum atomic E-state index is 13.0. The van der Waals surface area contributed by atoms with E-state index in [1.807, 2.05) is 18.2 Å². The van der Waals surface area contributed by atoms with Crippen LogP contribution in [-0.2, 0) is 10.9 Å². The molecule has 2 atom stereocenters. The van der Waals surface area contributed by atoms with Crippen LogP contribution in [0.25, 0.3) is 10.6 Å². The molecule has 1 aliphatic heterocycles. The fraction of sp³-hybridized carbons (Fsp3) is 0.357. The highest BCUT2D eigenvalue weighted by molar-refractivity contribution is 7.17. The highest BCUT2D eigenvalue weighted by Crippen LogP contribution is 2.40. The number of aromatic nitrogens is 1. The van der Waals surface area contributed by atoms with Crippen molar-refractivity contribution in [2.45, 2.75) is 57.9 Å². The Morgan fingerprint density at radius 2 is 1.77 bits per heavy atom. The van der Waals surface area contributed by atoms with E-state index >= 15 is 0 Å². The molecule has 0 bridgehead atoms. The van der Waals surface area contributed by atoms with Gasteiger partial charge in [0.05, 0.1) is 11.3 Å². The number of halogens is 3. The summed E-state index contributed by atoms with van der Waals surface area (Å²) in [6.45, 7) is 7.08. The summed E-state index contributed by atoms with van der Waals surface area (Å²) >= 11 is 1.10. The molecule has 3 aromatic rings. The highest BCUT2D eigenvalue weighted by Gasteiger charge is 2.38. The zero-order valence-corrected chi connectivity index (χ0v) is 23.1. The van der Waals surface area contributed by atoms with E-state index in [0.29, 0.717) is 33.3 Å². The lowest BCUT2D eigenvalue weighted by atomic mass is 9.91. The van der Waals surface area contributed by atoms with Crippen LogP contribution in [0.1, 0.15) is 59.6 Å². The molecule has 1 aromatic heterocycles. The smallest absolute Gasteiger partial charge is 0.416 e. The number of alkyl carbamates (subject to hydrolysis) is 1. The standard InChI is InChI=1S/C28H29F3N4O4S/c1-15-22(40-25(34-15)16-9-11-17(12-10-16)28(29,30)31)24(36)33-14-13-19-18-7-5-6-8-20(18)38-21(19)23(32)35-26(37)39-27(2,3)4/h5-12,19,21H,13-14H2,1-4H3,(H,33,36)(H2,32,35,37). The minimum Gasteiger partial charge on any atom is -0.482 e. The lowest BCUT2D eigenvalue weighted by molar-refractivity contribution is -0.137. The molecule has 3 N–H and O–H groups in total. The molecule has 2 unspecified atom stereocenters. The van der Waals surface area contributed by atoms with Crippen LogP contribution in [-0.4, -0.2) is 41.1 Å². The van der Waals surface area contributed by atoms with E-state index in [2.05, 4.69) is 15.6 Å². The third-order valence-electron chi connectivity index (χ3n) is 6.06. The van der Waals surface area contributed by atoms with E-state index in [4.69, 9.17) is 14.9 Å². The van der Waals surface area contributed by atoms with E-state index in [-0.39, 0.29) is 24.2 Å². The molecule has 2 heterocycles. The van der Waals surface area contributed by atoms with Gasteiger partial charge in [-0.2, -0.15) is 13.2 Å². The summed E-state index contributed by atoms with van der Waals surface area (Å²) < 4.78 is 49.9. The number of nitrogens with zero attached hydrogens (tertiary/aromatic N) is 1. The molecule has 2 aromatic carbocycles. The summed E-state index contributed by atoms with van der Waals surface area (Å²) in [6, 6.07) is 12.0. The lowest BCUT2D eigenvalue weighted by Gasteiger charge is -2.23. The number of amidine groups is 1. The Morgan fingerprint density at radius 3 is 2.42 bits per heavy atom. The first-order valence-electron chi connectivity index (χ1n) is 12.5. The van der Waals surface area contributed by atoms with Crippen LogP contribution in [0.15, 0.2) is 48.5 Å². The largest absolute Gasteiger partial charge is 0.482 e. The lowest BCUT2D eigenvalue weighted by Crippen LogP contribution is -2.44. The number of benzene rings is 2. The minimum atomic E-state index is -4.43. The summed E-state index contributed by atoms with van der Waals surface area (Å²) in [6.07, 6.45) is -5.56. The van der Waals surface area contributed by atoms with Crippen LogP contribution in [0.3, 0.4) is 0 Å². The average Bonchev–Trinajstić information content (AvgIpc) is 3.43. The topological polar surface area (TPSA) is 113 Å². The van der Waals surface area contributed by atoms with Gasteiger partial charge in [0, 0.05) is 23.6 Å². The summed E-state index contributed by atoms with van der Waals surface area (Å²) in [5, 5.41) is 14.2. The first kappa shape index (κ1) is 29.1. The minimum absolute atomic E-state index is 0.152. The normalized spacial score (nSPS) is 16.6. The predicted octanol–water partition coefficient (Wildman–Crippen LogP) is 6.30. The van der Waals surface area contributed by atoms with Crippen molar-refractivity contribution in [3.05, 3.63) is 70.2 Å². The number of ether oxygens (including phenoxy) is 2. The number of aryl methyl sites for hydroxylation is 1. The number of fused-ring (bicyclic) bond motifs is 1. The van der Waals surface area contributed by atoms with Gasteiger partial charge in [0.1, 0.15) is 27.1 Å². The second kappa shape index (κ2) is 11.3. The third kappa shape index (κ3) is 6.79. The third-order valence-corrected chi connectivity index (χ3v) is 7.27. The van der Waals surface area contributed by atoms with Crippen LogP contribution in [0.5, 0.6) is 5.75 Å². The van der Waals surface area contributed by atoms with Crippen molar-refractivity contribution in [1.29, 1.82) is 5.41 Å². The fourth-order valence-corrected chi connectivity index (χ4v) is 5.27. The van der Waals surface area contributed by atoms with Crippen molar-refractivity contribution in [2.24, 2.45) is 0 Å². The average molecular weight is 575 g/mol. The Hall–Kier alpha value is -3.93. The van der Waals surface area contributed by atoms with Crippen LogP contribution in [0.2, 0.25) is 0 Å². The Bertz CT molecular complexity index is 1410. The Balaban J connectivity index is 1.41. The summed E-state index contributed by atoms with van der Waals surface area (Å²) in [7, 11) is 0. The quantitative estimate of drug-likeness (QED) is 0.236. The number of thiazole rings is 1. The number of carbonyl (C=O) groups excluding carboxylic acids is 2. The van der Waals surface area contributed by atoms with E-state index in [0.717, 1.165) is 29.0 Å². The molecule has 12 heteroatoms. The molecular formula is C28H29F3N4O4S. The molecular weight excluding hydrogens is 545 g/mol. The molecule has 0 saturated heterocycles. The van der Waals surface area contributed by atoms with E-state index in [9.17, 15) is 22.8 Å². The Labute approximate surface area is 233 Å². The van der Waals surface area contributed by atoms with Gasteiger partial charge in [-0.25, -0.2) is 9.78 Å². The van der Waals surface area contributed by atoms with Crippen LogP contribution in [0, 0.1) is 12.3 Å². The van der Waals surface area contributed by atoms with Gasteiger partial charge in [0.15, 0.2) is 6.10 Å². The van der Waals surface area contributed by atoms with Gasteiger partial charge in [-0.1, -0.05) is 30.3 Å². The number of para-hydroxylation sites is 1. The van der Waals surface area contributed by atoms with Gasteiger partial charge < -0.3 is 14.8 Å². The van der Waals surface area contributed by atoms with Gasteiger partial charge in [-0.3, -0.25) is 15.5 Å². The second-order valence-corrected chi connectivity index (χ2v) is 11.3. The van der Waals surface area contributed by atoms with Gasteiger partial charge in [-0.05, 0) is 52.3 Å². The first-order valence-corrected chi connectivity index (χ1v) is 13.3. The van der Waals surface area contributed by atoms with Crippen LogP contribution >= 0.6 is 11.3 Å². The SMILES string of the molecule is Cc1nc(-c2ccc(C(F)(F)F)cc2)sc1C(=O)NCCC1c2ccccc2OC1C(=N)NC(=O)OC(C)(C)C. The molecule has 40 heavy (non-hydrogen) atoms. The zero-order valence-electron chi connectivity index (χ0n) is 22.3. The number of rotatable bonds is 6. The Morgan fingerprint density at radius 1 is 1.10 bits per heavy atom. The van der Waals surface area contributed by atoms with E-state index in [1.54, 1.807) is 33.8 Å². The number of hydrogen-bond donors (Lipinski definition) is 3. The molecule has 0 fully saturated rings. The van der Waals surface area contributed by atoms with Crippen molar-refractivity contribution in [3.63, 3.8) is 0 Å². The second-order valence-electron chi connectivity index (χ2n) is 10.3. The van der Waals surface area contributed by atoms with Gasteiger partial charge in [-0.15, -0.1) is 11.3 Å². The maximum absolute atomic E-state index is 13.0. The van der Waals surface area contributed by atoms with Gasteiger partial charge >= 0.3 is 12.3 Å². The molecule has 8 nitrogen and oxygen atoms in total. The molecule has 2 amide bonds. The van der Waals surface area contributed by atoms with Gasteiger partial charge in [0.25, 0.3) is 5.91 Å². The van der Waals surface area contributed by atoms with Crippen molar-refractivity contribution in [3.8, 4) is 16.3 Å². The molecule has 4 rings (SSSR count). The number of amides is 2. The number of carbonyl (C=O) groups is 2. The van der Waals surface area contributed by atoms with E-state index in [1.165, 1.54) is 12.1 Å². The van der Waals surface area contributed by atoms with Gasteiger partial charge in [0.2, 0.25) is 0 Å².